The quantitative estimate of drug-likeness (QED) is 0.728. The summed E-state index contributed by atoms with van der Waals surface area (Å²) in [6.07, 6.45) is 0. The lowest BCUT2D eigenvalue weighted by molar-refractivity contribution is -0.116. The molecule has 0 aliphatic heterocycles. The summed E-state index contributed by atoms with van der Waals surface area (Å²) in [5.41, 5.74) is 2.51. The van der Waals surface area contributed by atoms with E-state index in [9.17, 15) is 9.59 Å². The van der Waals surface area contributed by atoms with Crippen LogP contribution in [0, 0.1) is 6.92 Å². The summed E-state index contributed by atoms with van der Waals surface area (Å²) >= 11 is 0. The molecule has 0 bridgehead atoms. The van der Waals surface area contributed by atoms with Gasteiger partial charge >= 0.3 is 0 Å². The van der Waals surface area contributed by atoms with Crippen LogP contribution in [-0.2, 0) is 4.79 Å². The van der Waals surface area contributed by atoms with Gasteiger partial charge in [-0.3, -0.25) is 9.59 Å². The number of aryl methyl sites for hydroxylation is 1. The minimum absolute atomic E-state index is 0.0580. The number of rotatable bonds is 5. The highest BCUT2D eigenvalue weighted by Crippen LogP contribution is 2.30. The number of ether oxygens (including phenoxy) is 1. The summed E-state index contributed by atoms with van der Waals surface area (Å²) in [5.74, 6) is 0.922. The van der Waals surface area contributed by atoms with Crippen LogP contribution in [0.3, 0.4) is 0 Å². The van der Waals surface area contributed by atoms with Crippen molar-refractivity contribution in [2.45, 2.75) is 20.8 Å². The van der Waals surface area contributed by atoms with Crippen molar-refractivity contribution in [1.82, 2.24) is 0 Å². The lowest BCUT2D eigenvalue weighted by atomic mass is 10.1. The van der Waals surface area contributed by atoms with Gasteiger partial charge in [-0.1, -0.05) is 0 Å². The van der Waals surface area contributed by atoms with Crippen molar-refractivity contribution in [1.29, 1.82) is 0 Å². The zero-order valence-corrected chi connectivity index (χ0v) is 15.8. The molecule has 0 spiro atoms. The third-order valence-electron chi connectivity index (χ3n) is 4.36. The van der Waals surface area contributed by atoms with Crippen LogP contribution < -0.4 is 15.0 Å². The molecule has 2 aromatic carbocycles. The van der Waals surface area contributed by atoms with Crippen LogP contribution >= 0.6 is 0 Å². The molecule has 0 saturated heterocycles. The number of hydrogen-bond donors (Lipinski definition) is 1. The van der Waals surface area contributed by atoms with Gasteiger partial charge in [0.05, 0.1) is 12.2 Å². The zero-order valence-electron chi connectivity index (χ0n) is 15.8. The van der Waals surface area contributed by atoms with Gasteiger partial charge in [-0.2, -0.15) is 0 Å². The molecule has 0 saturated carbocycles. The van der Waals surface area contributed by atoms with Crippen LogP contribution in [0.4, 0.5) is 11.4 Å². The molecule has 140 valence electrons. The number of amides is 2. The lowest BCUT2D eigenvalue weighted by Gasteiger charge is -2.15. The molecule has 0 unspecified atom stereocenters. The van der Waals surface area contributed by atoms with Gasteiger partial charge in [0, 0.05) is 30.7 Å². The Morgan fingerprint density at radius 3 is 2.48 bits per heavy atom. The number of fused-ring (bicyclic) bond motifs is 1. The normalized spacial score (nSPS) is 10.7. The van der Waals surface area contributed by atoms with Crippen molar-refractivity contribution in [3.05, 3.63) is 53.8 Å². The highest BCUT2D eigenvalue weighted by molar-refractivity contribution is 6.13. The Labute approximate surface area is 157 Å². The van der Waals surface area contributed by atoms with Crippen LogP contribution in [0.5, 0.6) is 5.75 Å². The Bertz CT molecular complexity index is 989. The standard InChI is InChI=1S/C21H22N2O4/c1-5-26-17-10-11-19-18(12-17)20(13(2)27-19)21(25)22-15-6-8-16(9-7-15)23(4)14(3)24/h6-12H,5H2,1-4H3,(H,22,25). The van der Waals surface area contributed by atoms with E-state index < -0.39 is 0 Å². The van der Waals surface area contributed by atoms with Crippen molar-refractivity contribution in [3.8, 4) is 5.75 Å². The van der Waals surface area contributed by atoms with Gasteiger partial charge in [0.1, 0.15) is 17.1 Å². The third-order valence-corrected chi connectivity index (χ3v) is 4.36. The van der Waals surface area contributed by atoms with Crippen LogP contribution in [0.1, 0.15) is 30.0 Å². The van der Waals surface area contributed by atoms with E-state index in [-0.39, 0.29) is 11.8 Å². The molecule has 1 heterocycles. The van der Waals surface area contributed by atoms with Crippen LogP contribution in [0.15, 0.2) is 46.9 Å². The van der Waals surface area contributed by atoms with Crippen LogP contribution in [0.25, 0.3) is 11.0 Å². The molecule has 1 N–H and O–H groups in total. The van der Waals surface area contributed by atoms with Gasteiger partial charge in [0.2, 0.25) is 5.91 Å². The molecule has 0 atom stereocenters. The van der Waals surface area contributed by atoms with Gasteiger partial charge in [0.15, 0.2) is 0 Å². The third kappa shape index (κ3) is 3.79. The van der Waals surface area contributed by atoms with Gasteiger partial charge in [-0.15, -0.1) is 0 Å². The highest BCUT2D eigenvalue weighted by Gasteiger charge is 2.19. The van der Waals surface area contributed by atoms with Crippen molar-refractivity contribution in [2.75, 3.05) is 23.9 Å². The van der Waals surface area contributed by atoms with Crippen LogP contribution in [-0.4, -0.2) is 25.5 Å². The summed E-state index contributed by atoms with van der Waals surface area (Å²) < 4.78 is 11.2. The minimum atomic E-state index is -0.257. The Morgan fingerprint density at radius 1 is 1.15 bits per heavy atom. The molecular formula is C21H22N2O4. The minimum Gasteiger partial charge on any atom is -0.494 e. The molecule has 0 radical (unpaired) electrons. The molecule has 27 heavy (non-hydrogen) atoms. The van der Waals surface area contributed by atoms with Crippen LogP contribution in [0.2, 0.25) is 0 Å². The van der Waals surface area contributed by atoms with Gasteiger partial charge in [0.25, 0.3) is 5.91 Å². The molecule has 0 aliphatic carbocycles. The SMILES string of the molecule is CCOc1ccc2oc(C)c(C(=O)Nc3ccc(N(C)C(C)=O)cc3)c2c1. The number of benzene rings is 2. The molecule has 0 fully saturated rings. The summed E-state index contributed by atoms with van der Waals surface area (Å²) in [7, 11) is 1.70. The molecule has 3 aromatic rings. The number of hydrogen-bond acceptors (Lipinski definition) is 4. The topological polar surface area (TPSA) is 71.8 Å². The van der Waals surface area contributed by atoms with E-state index in [0.717, 1.165) is 5.69 Å². The van der Waals surface area contributed by atoms with E-state index in [4.69, 9.17) is 9.15 Å². The zero-order chi connectivity index (χ0) is 19.6. The number of anilines is 2. The number of nitrogens with zero attached hydrogens (tertiary/aromatic N) is 1. The van der Waals surface area contributed by atoms with E-state index in [1.807, 2.05) is 19.1 Å². The Morgan fingerprint density at radius 2 is 1.85 bits per heavy atom. The molecule has 0 aliphatic rings. The average molecular weight is 366 g/mol. The fraction of sp³-hybridized carbons (Fsp3) is 0.238. The summed E-state index contributed by atoms with van der Waals surface area (Å²) in [4.78, 5) is 25.8. The largest absolute Gasteiger partial charge is 0.494 e. The molecule has 6 heteroatoms. The Balaban J connectivity index is 1.86. The predicted molar refractivity (Wildman–Crippen MR) is 106 cm³/mol. The van der Waals surface area contributed by atoms with Gasteiger partial charge < -0.3 is 19.4 Å². The monoisotopic (exact) mass is 366 g/mol. The second-order valence-corrected chi connectivity index (χ2v) is 6.20. The Hall–Kier alpha value is -3.28. The van der Waals surface area contributed by atoms with Crippen molar-refractivity contribution in [2.24, 2.45) is 0 Å². The van der Waals surface area contributed by atoms with Crippen molar-refractivity contribution in [3.63, 3.8) is 0 Å². The first kappa shape index (κ1) is 18.5. The average Bonchev–Trinajstić information content (AvgIpc) is 2.97. The van der Waals surface area contributed by atoms with E-state index in [2.05, 4.69) is 5.32 Å². The maximum atomic E-state index is 12.8. The van der Waals surface area contributed by atoms with E-state index in [1.165, 1.54) is 11.8 Å². The number of furan rings is 1. The number of carbonyl (C=O) groups is 2. The smallest absolute Gasteiger partial charge is 0.259 e. The molecular weight excluding hydrogens is 344 g/mol. The van der Waals surface area contributed by atoms with E-state index in [0.29, 0.717) is 40.3 Å². The second-order valence-electron chi connectivity index (χ2n) is 6.20. The first-order chi connectivity index (χ1) is 12.9. The van der Waals surface area contributed by atoms with Gasteiger partial charge in [-0.25, -0.2) is 0 Å². The van der Waals surface area contributed by atoms with E-state index >= 15 is 0 Å². The molecule has 2 amide bonds. The van der Waals surface area contributed by atoms with Crippen molar-refractivity contribution >= 4 is 34.2 Å². The maximum absolute atomic E-state index is 12.8. The van der Waals surface area contributed by atoms with E-state index in [1.54, 1.807) is 44.3 Å². The maximum Gasteiger partial charge on any atom is 0.259 e. The highest BCUT2D eigenvalue weighted by atomic mass is 16.5. The first-order valence-corrected chi connectivity index (χ1v) is 8.72. The fourth-order valence-electron chi connectivity index (χ4n) is 2.88. The summed E-state index contributed by atoms with van der Waals surface area (Å²) in [6, 6.07) is 12.5. The number of carbonyl (C=O) groups excluding carboxylic acids is 2. The predicted octanol–water partition coefficient (Wildman–Crippen LogP) is 4.37. The second kappa shape index (κ2) is 7.53. The molecule has 3 rings (SSSR count). The molecule has 6 nitrogen and oxygen atoms in total. The van der Waals surface area contributed by atoms with Gasteiger partial charge in [-0.05, 0) is 56.3 Å². The summed E-state index contributed by atoms with van der Waals surface area (Å²) in [6.45, 7) is 5.72. The fourth-order valence-corrected chi connectivity index (χ4v) is 2.88. The number of nitrogens with one attached hydrogen (secondary N) is 1. The van der Waals surface area contributed by atoms with Crippen molar-refractivity contribution < 1.29 is 18.7 Å². The molecule has 1 aromatic heterocycles. The lowest BCUT2D eigenvalue weighted by Crippen LogP contribution is -2.22. The Kier molecular flexibility index (Phi) is 5.16. The first-order valence-electron chi connectivity index (χ1n) is 8.72. The summed E-state index contributed by atoms with van der Waals surface area (Å²) in [5, 5.41) is 3.59.